The van der Waals surface area contributed by atoms with Crippen LogP contribution in [0.2, 0.25) is 0 Å². The van der Waals surface area contributed by atoms with E-state index in [0.717, 1.165) is 5.56 Å². The summed E-state index contributed by atoms with van der Waals surface area (Å²) in [6, 6.07) is 5.09. The maximum absolute atomic E-state index is 11.6. The molecule has 0 aliphatic rings. The maximum atomic E-state index is 11.6. The molecule has 1 aromatic carbocycles. The predicted molar refractivity (Wildman–Crippen MR) is 78.1 cm³/mol. The van der Waals surface area contributed by atoms with Crippen molar-refractivity contribution in [1.82, 2.24) is 0 Å². The Morgan fingerprint density at radius 2 is 2.10 bits per heavy atom. The van der Waals surface area contributed by atoms with Gasteiger partial charge in [-0.25, -0.2) is 8.42 Å². The van der Waals surface area contributed by atoms with Gasteiger partial charge >= 0.3 is 0 Å². The highest BCUT2D eigenvalue weighted by molar-refractivity contribution is 7.91. The lowest BCUT2D eigenvalue weighted by atomic mass is 10.1. The minimum atomic E-state index is -3.06. The molecule has 112 valence electrons. The lowest BCUT2D eigenvalue weighted by Gasteiger charge is -2.10. The second-order valence-corrected chi connectivity index (χ2v) is 6.77. The third kappa shape index (κ3) is 4.73. The maximum Gasteiger partial charge on any atom is 0.170 e. The fraction of sp³-hybridized carbons (Fsp3) is 0.462. The first-order valence-electron chi connectivity index (χ1n) is 6.31. The lowest BCUT2D eigenvalue weighted by Crippen LogP contribution is -2.17. The monoisotopic (exact) mass is 300 g/mol. The van der Waals surface area contributed by atoms with Crippen LogP contribution in [-0.2, 0) is 9.84 Å². The largest absolute Gasteiger partial charge is 0.492 e. The van der Waals surface area contributed by atoms with Gasteiger partial charge in [0, 0.05) is 5.56 Å². The molecule has 0 saturated heterocycles. The molecule has 1 rings (SSSR count). The van der Waals surface area contributed by atoms with Gasteiger partial charge in [-0.1, -0.05) is 24.2 Å². The van der Waals surface area contributed by atoms with E-state index in [2.05, 4.69) is 5.16 Å². The van der Waals surface area contributed by atoms with Crippen LogP contribution in [0.1, 0.15) is 24.5 Å². The molecule has 0 aromatic heterocycles. The third-order valence-electron chi connectivity index (χ3n) is 2.76. The third-order valence-corrected chi connectivity index (χ3v) is 4.58. The van der Waals surface area contributed by atoms with E-state index in [9.17, 15) is 8.42 Å². The Morgan fingerprint density at radius 3 is 2.70 bits per heavy atom. The molecule has 0 atom stereocenters. The van der Waals surface area contributed by atoms with E-state index < -0.39 is 9.84 Å². The highest BCUT2D eigenvalue weighted by Crippen LogP contribution is 2.19. The fourth-order valence-corrected chi connectivity index (χ4v) is 2.83. The number of aryl methyl sites for hydroxylation is 1. The van der Waals surface area contributed by atoms with E-state index in [1.807, 2.05) is 13.8 Å². The number of hydrogen-bond acceptors (Lipinski definition) is 5. The first-order chi connectivity index (χ1) is 9.39. The van der Waals surface area contributed by atoms with E-state index in [4.69, 9.17) is 15.7 Å². The van der Waals surface area contributed by atoms with Gasteiger partial charge in [0.15, 0.2) is 15.7 Å². The Morgan fingerprint density at radius 1 is 1.40 bits per heavy atom. The molecule has 0 fully saturated rings. The Kier molecular flexibility index (Phi) is 5.82. The van der Waals surface area contributed by atoms with Crippen molar-refractivity contribution >= 4 is 15.7 Å². The summed E-state index contributed by atoms with van der Waals surface area (Å²) in [6.45, 7) is 3.75. The Balaban J connectivity index is 2.73. The van der Waals surface area contributed by atoms with Gasteiger partial charge in [0.25, 0.3) is 0 Å². The number of nitrogens with zero attached hydrogens (tertiary/aromatic N) is 1. The molecule has 0 saturated carbocycles. The summed E-state index contributed by atoms with van der Waals surface area (Å²) in [5.41, 5.74) is 6.87. The number of oxime groups is 1. The predicted octanol–water partition coefficient (Wildman–Crippen LogP) is 1.29. The zero-order chi connectivity index (χ0) is 15.2. The summed E-state index contributed by atoms with van der Waals surface area (Å²) >= 11 is 0. The first kappa shape index (κ1) is 16.3. The number of benzene rings is 1. The Bertz CT molecular complexity index is 582. The summed E-state index contributed by atoms with van der Waals surface area (Å²) in [5, 5.41) is 11.5. The second kappa shape index (κ2) is 7.14. The zero-order valence-electron chi connectivity index (χ0n) is 11.7. The average molecular weight is 300 g/mol. The number of amidine groups is 1. The Labute approximate surface area is 119 Å². The lowest BCUT2D eigenvalue weighted by molar-refractivity contribution is 0.318. The van der Waals surface area contributed by atoms with Gasteiger partial charge < -0.3 is 15.7 Å². The summed E-state index contributed by atoms with van der Waals surface area (Å²) < 4.78 is 28.6. The van der Waals surface area contributed by atoms with Crippen molar-refractivity contribution in [3.05, 3.63) is 29.3 Å². The van der Waals surface area contributed by atoms with Gasteiger partial charge in [-0.15, -0.1) is 0 Å². The van der Waals surface area contributed by atoms with Gasteiger partial charge in [-0.05, 0) is 25.0 Å². The molecule has 0 heterocycles. The molecule has 3 N–H and O–H groups in total. The van der Waals surface area contributed by atoms with Crippen molar-refractivity contribution in [2.75, 3.05) is 18.1 Å². The number of hydrogen-bond donors (Lipinski definition) is 2. The smallest absolute Gasteiger partial charge is 0.170 e. The molecule has 0 aliphatic carbocycles. The summed E-state index contributed by atoms with van der Waals surface area (Å²) in [5.74, 6) is 0.655. The number of rotatable bonds is 7. The molecule has 7 heteroatoms. The van der Waals surface area contributed by atoms with Gasteiger partial charge in [0.1, 0.15) is 12.4 Å². The topological polar surface area (TPSA) is 102 Å². The summed E-state index contributed by atoms with van der Waals surface area (Å²) in [7, 11) is -3.06. The van der Waals surface area contributed by atoms with Crippen molar-refractivity contribution in [3.8, 4) is 5.75 Å². The summed E-state index contributed by atoms with van der Waals surface area (Å²) in [6.07, 6.45) is 0.598. The zero-order valence-corrected chi connectivity index (χ0v) is 12.5. The molecule has 0 unspecified atom stereocenters. The van der Waals surface area contributed by atoms with E-state index >= 15 is 0 Å². The molecule has 0 spiro atoms. The molecular formula is C13H20N2O4S. The minimum Gasteiger partial charge on any atom is -0.492 e. The molecule has 0 aliphatic heterocycles. The van der Waals surface area contributed by atoms with Gasteiger partial charge in [0.05, 0.1) is 11.5 Å². The number of nitrogens with two attached hydrogens (primary N) is 1. The normalized spacial score (nSPS) is 12.4. The van der Waals surface area contributed by atoms with Crippen LogP contribution >= 0.6 is 0 Å². The quantitative estimate of drug-likeness (QED) is 0.342. The first-order valence-corrected chi connectivity index (χ1v) is 8.13. The van der Waals surface area contributed by atoms with Crippen LogP contribution in [0.4, 0.5) is 0 Å². The highest BCUT2D eigenvalue weighted by atomic mass is 32.2. The van der Waals surface area contributed by atoms with Crippen molar-refractivity contribution in [3.63, 3.8) is 0 Å². The van der Waals surface area contributed by atoms with Crippen LogP contribution in [0.15, 0.2) is 23.4 Å². The van der Waals surface area contributed by atoms with E-state index in [-0.39, 0.29) is 23.9 Å². The van der Waals surface area contributed by atoms with Gasteiger partial charge in [-0.2, -0.15) is 0 Å². The van der Waals surface area contributed by atoms with E-state index in [1.54, 1.807) is 18.2 Å². The average Bonchev–Trinajstić information content (AvgIpc) is 2.39. The Hall–Kier alpha value is -1.76. The van der Waals surface area contributed by atoms with Crippen LogP contribution in [0.5, 0.6) is 5.75 Å². The second-order valence-electron chi connectivity index (χ2n) is 4.47. The highest BCUT2D eigenvalue weighted by Gasteiger charge is 2.11. The molecule has 0 bridgehead atoms. The van der Waals surface area contributed by atoms with Crippen LogP contribution in [-0.4, -0.2) is 37.6 Å². The fourth-order valence-electron chi connectivity index (χ4n) is 1.66. The standard InChI is InChI=1S/C13H20N2O4S/c1-3-7-20(17,18)8-6-19-12-9-11(13(14)15-16)5-4-10(12)2/h4-5,9,16H,3,6-8H2,1-2H3,(H2,14,15). The van der Waals surface area contributed by atoms with Crippen molar-refractivity contribution < 1.29 is 18.4 Å². The van der Waals surface area contributed by atoms with Crippen molar-refractivity contribution in [1.29, 1.82) is 0 Å². The van der Waals surface area contributed by atoms with Crippen LogP contribution in [0, 0.1) is 6.92 Å². The van der Waals surface area contributed by atoms with E-state index in [1.165, 1.54) is 0 Å². The molecule has 6 nitrogen and oxygen atoms in total. The van der Waals surface area contributed by atoms with Crippen LogP contribution in [0.3, 0.4) is 0 Å². The van der Waals surface area contributed by atoms with Crippen LogP contribution in [0.25, 0.3) is 0 Å². The number of ether oxygens (including phenoxy) is 1. The molecule has 0 radical (unpaired) electrons. The molecule has 1 aromatic rings. The van der Waals surface area contributed by atoms with E-state index in [0.29, 0.717) is 17.7 Å². The summed E-state index contributed by atoms with van der Waals surface area (Å²) in [4.78, 5) is 0. The molecular weight excluding hydrogens is 280 g/mol. The molecule has 0 amide bonds. The number of sulfone groups is 1. The van der Waals surface area contributed by atoms with Crippen LogP contribution < -0.4 is 10.5 Å². The SMILES string of the molecule is CCCS(=O)(=O)CCOc1cc(/C(N)=N/O)ccc1C. The van der Waals surface area contributed by atoms with Gasteiger partial charge in [-0.3, -0.25) is 0 Å². The molecule has 20 heavy (non-hydrogen) atoms. The minimum absolute atomic E-state index is 0.0198. The van der Waals surface area contributed by atoms with Crippen molar-refractivity contribution in [2.24, 2.45) is 10.9 Å². The van der Waals surface area contributed by atoms with Crippen molar-refractivity contribution in [2.45, 2.75) is 20.3 Å². The van der Waals surface area contributed by atoms with Gasteiger partial charge in [0.2, 0.25) is 0 Å².